The van der Waals surface area contributed by atoms with Crippen LogP contribution < -0.4 is 15.6 Å². The van der Waals surface area contributed by atoms with E-state index in [0.717, 1.165) is 16.5 Å². The second kappa shape index (κ2) is 9.97. The van der Waals surface area contributed by atoms with E-state index in [1.165, 1.54) is 5.56 Å². The zero-order valence-electron chi connectivity index (χ0n) is 14.9. The fraction of sp³-hybridized carbons (Fsp3) is 0.300. The van der Waals surface area contributed by atoms with E-state index in [4.69, 9.17) is 4.74 Å². The summed E-state index contributed by atoms with van der Waals surface area (Å²) in [6, 6.07) is 15.4. The molecule has 0 radical (unpaired) electrons. The van der Waals surface area contributed by atoms with Crippen LogP contribution in [-0.4, -0.2) is 17.9 Å². The van der Waals surface area contributed by atoms with Crippen molar-refractivity contribution in [1.29, 1.82) is 0 Å². The summed E-state index contributed by atoms with van der Waals surface area (Å²) in [6.07, 6.45) is 1.18. The first-order chi connectivity index (χ1) is 12.5. The molecule has 138 valence electrons. The lowest BCUT2D eigenvalue weighted by molar-refractivity contribution is -0.132. The molecule has 2 rings (SSSR count). The first-order valence-electron chi connectivity index (χ1n) is 8.56. The third-order valence-corrected chi connectivity index (χ3v) is 4.37. The molecule has 6 heteroatoms. The number of aryl methyl sites for hydroxylation is 2. The van der Waals surface area contributed by atoms with E-state index in [9.17, 15) is 9.59 Å². The Kier molecular flexibility index (Phi) is 7.66. The van der Waals surface area contributed by atoms with Gasteiger partial charge in [0.2, 0.25) is 5.91 Å². The lowest BCUT2D eigenvalue weighted by atomic mass is 10.1. The molecule has 0 saturated heterocycles. The molecule has 0 heterocycles. The average Bonchev–Trinajstić information content (AvgIpc) is 2.64. The minimum Gasteiger partial charge on any atom is -0.481 e. The molecular weight excluding hydrogens is 396 g/mol. The maximum Gasteiger partial charge on any atom is 0.279 e. The minimum absolute atomic E-state index is 0.243. The summed E-state index contributed by atoms with van der Waals surface area (Å²) in [5.41, 5.74) is 7.18. The van der Waals surface area contributed by atoms with Gasteiger partial charge in [-0.05, 0) is 49.1 Å². The van der Waals surface area contributed by atoms with Crippen LogP contribution in [0, 0.1) is 0 Å². The zero-order chi connectivity index (χ0) is 18.9. The largest absolute Gasteiger partial charge is 0.481 e. The summed E-state index contributed by atoms with van der Waals surface area (Å²) in [5.74, 6) is -0.0814. The van der Waals surface area contributed by atoms with Gasteiger partial charge in [-0.25, -0.2) is 0 Å². The first-order valence-corrected chi connectivity index (χ1v) is 9.36. The summed E-state index contributed by atoms with van der Waals surface area (Å²) >= 11 is 3.35. The smallest absolute Gasteiger partial charge is 0.279 e. The van der Waals surface area contributed by atoms with Crippen LogP contribution in [0.25, 0.3) is 0 Å². The third kappa shape index (κ3) is 6.52. The Hall–Kier alpha value is -2.34. The van der Waals surface area contributed by atoms with Crippen molar-refractivity contribution >= 4 is 27.7 Å². The molecule has 0 aliphatic heterocycles. The minimum atomic E-state index is -0.730. The molecule has 5 nitrogen and oxygen atoms in total. The summed E-state index contributed by atoms with van der Waals surface area (Å²) in [4.78, 5) is 23.9. The second-order valence-corrected chi connectivity index (χ2v) is 6.84. The van der Waals surface area contributed by atoms with Crippen molar-refractivity contribution in [1.82, 2.24) is 10.9 Å². The second-order valence-electron chi connectivity index (χ2n) is 5.92. The number of halogens is 1. The van der Waals surface area contributed by atoms with E-state index < -0.39 is 12.0 Å². The van der Waals surface area contributed by atoms with Crippen molar-refractivity contribution in [2.45, 2.75) is 39.2 Å². The van der Waals surface area contributed by atoms with Gasteiger partial charge in [0.1, 0.15) is 5.75 Å². The Morgan fingerprint density at radius 2 is 1.77 bits per heavy atom. The monoisotopic (exact) mass is 418 g/mol. The molecule has 2 N–H and O–H groups in total. The van der Waals surface area contributed by atoms with Crippen LogP contribution in [0.5, 0.6) is 5.75 Å². The molecule has 0 unspecified atom stereocenters. The van der Waals surface area contributed by atoms with Crippen LogP contribution in [-0.2, 0) is 22.4 Å². The van der Waals surface area contributed by atoms with Gasteiger partial charge in [-0.1, -0.05) is 53.2 Å². The van der Waals surface area contributed by atoms with Gasteiger partial charge in [0.15, 0.2) is 6.10 Å². The highest BCUT2D eigenvalue weighted by Crippen LogP contribution is 2.18. The predicted octanol–water partition coefficient (Wildman–Crippen LogP) is 3.56. The summed E-state index contributed by atoms with van der Waals surface area (Å²) < 4.78 is 6.41. The van der Waals surface area contributed by atoms with Crippen molar-refractivity contribution in [3.8, 4) is 5.75 Å². The molecule has 2 aromatic rings. The van der Waals surface area contributed by atoms with Gasteiger partial charge >= 0.3 is 0 Å². The molecule has 0 fully saturated rings. The molecule has 0 spiro atoms. The standard InChI is InChI=1S/C20H23BrN2O3/c1-3-15-7-9-16(10-8-15)11-12-19(24)22-23-20(25)14(2)26-18-6-4-5-17(21)13-18/h4-10,13-14H,3,11-12H2,1-2H3,(H,22,24)(H,23,25)/t14-/m0/s1. The predicted molar refractivity (Wildman–Crippen MR) is 105 cm³/mol. The van der Waals surface area contributed by atoms with Gasteiger partial charge in [-0.3, -0.25) is 20.4 Å². The molecule has 2 aromatic carbocycles. The number of hydrogen-bond acceptors (Lipinski definition) is 3. The molecule has 26 heavy (non-hydrogen) atoms. The molecule has 0 aromatic heterocycles. The quantitative estimate of drug-likeness (QED) is 0.675. The molecule has 1 atom stereocenters. The highest BCUT2D eigenvalue weighted by molar-refractivity contribution is 9.10. The van der Waals surface area contributed by atoms with E-state index in [1.54, 1.807) is 19.1 Å². The number of hydrazine groups is 1. The van der Waals surface area contributed by atoms with E-state index in [0.29, 0.717) is 18.6 Å². The summed E-state index contributed by atoms with van der Waals surface area (Å²) in [5, 5.41) is 0. The lowest BCUT2D eigenvalue weighted by Gasteiger charge is -2.15. The fourth-order valence-corrected chi connectivity index (χ4v) is 2.67. The Labute approximate surface area is 162 Å². The van der Waals surface area contributed by atoms with Gasteiger partial charge in [0, 0.05) is 10.9 Å². The average molecular weight is 419 g/mol. The van der Waals surface area contributed by atoms with Gasteiger partial charge < -0.3 is 4.74 Å². The van der Waals surface area contributed by atoms with Crippen molar-refractivity contribution in [2.75, 3.05) is 0 Å². The van der Waals surface area contributed by atoms with E-state index in [1.807, 2.05) is 24.3 Å². The summed E-state index contributed by atoms with van der Waals surface area (Å²) in [7, 11) is 0. The van der Waals surface area contributed by atoms with Crippen LogP contribution in [0.3, 0.4) is 0 Å². The van der Waals surface area contributed by atoms with Crippen LogP contribution in [0.1, 0.15) is 31.4 Å². The number of ether oxygens (including phenoxy) is 1. The summed E-state index contributed by atoms with van der Waals surface area (Å²) in [6.45, 7) is 3.73. The van der Waals surface area contributed by atoms with Crippen LogP contribution in [0.2, 0.25) is 0 Å². The van der Waals surface area contributed by atoms with Gasteiger partial charge in [0.25, 0.3) is 5.91 Å². The number of carbonyl (C=O) groups excluding carboxylic acids is 2. The van der Waals surface area contributed by atoms with Crippen LogP contribution in [0.15, 0.2) is 53.0 Å². The molecule has 0 saturated carbocycles. The number of rotatable bonds is 7. The van der Waals surface area contributed by atoms with Crippen LogP contribution in [0.4, 0.5) is 0 Å². The normalized spacial score (nSPS) is 11.5. The van der Waals surface area contributed by atoms with Crippen molar-refractivity contribution in [2.24, 2.45) is 0 Å². The third-order valence-electron chi connectivity index (χ3n) is 3.88. The Bertz CT molecular complexity index is 747. The number of hydrogen-bond donors (Lipinski definition) is 2. The van der Waals surface area contributed by atoms with E-state index >= 15 is 0 Å². The highest BCUT2D eigenvalue weighted by Gasteiger charge is 2.15. The lowest BCUT2D eigenvalue weighted by Crippen LogP contribution is -2.47. The number of carbonyl (C=O) groups is 2. The number of nitrogens with one attached hydrogen (secondary N) is 2. The first kappa shape index (κ1) is 20.0. The number of amides is 2. The molecule has 0 aliphatic rings. The molecule has 0 bridgehead atoms. The number of benzene rings is 2. The maximum absolute atomic E-state index is 12.0. The topological polar surface area (TPSA) is 67.4 Å². The molecular formula is C20H23BrN2O3. The fourth-order valence-electron chi connectivity index (χ4n) is 2.29. The van der Waals surface area contributed by atoms with Crippen molar-refractivity contribution in [3.63, 3.8) is 0 Å². The molecule has 0 aliphatic carbocycles. The van der Waals surface area contributed by atoms with Crippen molar-refractivity contribution in [3.05, 3.63) is 64.1 Å². The van der Waals surface area contributed by atoms with E-state index in [2.05, 4.69) is 45.8 Å². The molecule has 2 amide bonds. The van der Waals surface area contributed by atoms with Gasteiger partial charge in [-0.2, -0.15) is 0 Å². The van der Waals surface area contributed by atoms with Crippen LogP contribution >= 0.6 is 15.9 Å². The highest BCUT2D eigenvalue weighted by atomic mass is 79.9. The van der Waals surface area contributed by atoms with E-state index in [-0.39, 0.29) is 5.91 Å². The van der Waals surface area contributed by atoms with Gasteiger partial charge in [-0.15, -0.1) is 0 Å². The Morgan fingerprint density at radius 1 is 1.08 bits per heavy atom. The van der Waals surface area contributed by atoms with Gasteiger partial charge in [0.05, 0.1) is 0 Å². The zero-order valence-corrected chi connectivity index (χ0v) is 16.5. The SMILES string of the molecule is CCc1ccc(CCC(=O)NNC(=O)[C@H](C)Oc2cccc(Br)c2)cc1. The maximum atomic E-state index is 12.0. The Balaban J connectivity index is 1.72. The Morgan fingerprint density at radius 3 is 2.42 bits per heavy atom. The van der Waals surface area contributed by atoms with Crippen molar-refractivity contribution < 1.29 is 14.3 Å².